The van der Waals surface area contributed by atoms with Crippen molar-refractivity contribution in [1.29, 1.82) is 0 Å². The van der Waals surface area contributed by atoms with Crippen LogP contribution in [0.5, 0.6) is 0 Å². The second-order valence-corrected chi connectivity index (χ2v) is 6.12. The Labute approximate surface area is 134 Å². The monoisotopic (exact) mass is 318 g/mol. The maximum atomic E-state index is 12.2. The van der Waals surface area contributed by atoms with Crippen molar-refractivity contribution in [1.82, 2.24) is 20.3 Å². The van der Waals surface area contributed by atoms with Crippen LogP contribution in [0.4, 0.5) is 0 Å². The van der Waals surface area contributed by atoms with Crippen LogP contribution in [0.25, 0.3) is 5.69 Å². The predicted octanol–water partition coefficient (Wildman–Crippen LogP) is 3.23. The van der Waals surface area contributed by atoms with Gasteiger partial charge in [0.05, 0.1) is 16.9 Å². The van der Waals surface area contributed by atoms with Gasteiger partial charge in [0, 0.05) is 6.54 Å². The van der Waals surface area contributed by atoms with Crippen LogP contribution in [0, 0.1) is 5.92 Å². The number of aromatic nitrogens is 3. The molecule has 1 aliphatic rings. The first kappa shape index (κ1) is 15.0. The smallest absolute Gasteiger partial charge is 0.273 e. The van der Waals surface area contributed by atoms with E-state index in [0.717, 1.165) is 6.54 Å². The molecule has 5 nitrogen and oxygen atoms in total. The van der Waals surface area contributed by atoms with Crippen LogP contribution in [-0.4, -0.2) is 27.4 Å². The third-order valence-electron chi connectivity index (χ3n) is 4.10. The zero-order chi connectivity index (χ0) is 15.4. The Bertz CT molecular complexity index is 649. The van der Waals surface area contributed by atoms with E-state index < -0.39 is 0 Å². The van der Waals surface area contributed by atoms with Gasteiger partial charge in [-0.15, -0.1) is 5.10 Å². The molecule has 1 aromatic carbocycles. The highest BCUT2D eigenvalue weighted by atomic mass is 35.5. The summed E-state index contributed by atoms with van der Waals surface area (Å²) in [4.78, 5) is 12.2. The third kappa shape index (κ3) is 3.47. The Morgan fingerprint density at radius 1 is 1.27 bits per heavy atom. The molecule has 0 atom stereocenters. The number of hydrogen-bond acceptors (Lipinski definition) is 3. The van der Waals surface area contributed by atoms with E-state index in [1.807, 2.05) is 18.2 Å². The van der Waals surface area contributed by atoms with E-state index in [0.29, 0.717) is 22.3 Å². The predicted molar refractivity (Wildman–Crippen MR) is 85.3 cm³/mol. The van der Waals surface area contributed by atoms with E-state index in [-0.39, 0.29) is 5.91 Å². The lowest BCUT2D eigenvalue weighted by Gasteiger charge is -2.21. The average Bonchev–Trinajstić information content (AvgIpc) is 3.04. The molecule has 0 spiro atoms. The van der Waals surface area contributed by atoms with Crippen molar-refractivity contribution in [2.45, 2.75) is 32.1 Å². The third-order valence-corrected chi connectivity index (χ3v) is 4.42. The molecule has 6 heteroatoms. The van der Waals surface area contributed by atoms with Crippen molar-refractivity contribution in [2.75, 3.05) is 6.54 Å². The van der Waals surface area contributed by atoms with Crippen LogP contribution in [0.2, 0.25) is 5.02 Å². The highest BCUT2D eigenvalue weighted by Crippen LogP contribution is 2.23. The highest BCUT2D eigenvalue weighted by Gasteiger charge is 2.17. The van der Waals surface area contributed by atoms with E-state index in [4.69, 9.17) is 11.6 Å². The lowest BCUT2D eigenvalue weighted by atomic mass is 9.89. The molecule has 0 aliphatic heterocycles. The van der Waals surface area contributed by atoms with E-state index in [2.05, 4.69) is 15.6 Å². The first-order chi connectivity index (χ1) is 10.7. The molecule has 0 radical (unpaired) electrons. The summed E-state index contributed by atoms with van der Waals surface area (Å²) in [6.45, 7) is 0.720. The topological polar surface area (TPSA) is 59.8 Å². The number of nitrogens with one attached hydrogen (secondary N) is 1. The zero-order valence-electron chi connectivity index (χ0n) is 12.3. The molecule has 0 unspecified atom stereocenters. The number of nitrogens with zero attached hydrogens (tertiary/aromatic N) is 3. The minimum atomic E-state index is -0.177. The van der Waals surface area contributed by atoms with Gasteiger partial charge in [0.2, 0.25) is 0 Å². The minimum Gasteiger partial charge on any atom is -0.350 e. The normalized spacial score (nSPS) is 15.7. The number of carbonyl (C=O) groups excluding carboxylic acids is 1. The molecule has 1 heterocycles. The lowest BCUT2D eigenvalue weighted by Crippen LogP contribution is -2.30. The lowest BCUT2D eigenvalue weighted by molar-refractivity contribution is 0.0938. The molecule has 0 saturated heterocycles. The maximum Gasteiger partial charge on any atom is 0.273 e. The quantitative estimate of drug-likeness (QED) is 0.941. The molecule has 22 heavy (non-hydrogen) atoms. The van der Waals surface area contributed by atoms with Gasteiger partial charge in [0.25, 0.3) is 5.91 Å². The van der Waals surface area contributed by atoms with Gasteiger partial charge in [-0.1, -0.05) is 48.2 Å². The van der Waals surface area contributed by atoms with Gasteiger partial charge < -0.3 is 5.32 Å². The minimum absolute atomic E-state index is 0.177. The van der Waals surface area contributed by atoms with Gasteiger partial charge in [-0.05, 0) is 30.9 Å². The fourth-order valence-electron chi connectivity index (χ4n) is 2.84. The molecule has 2 aromatic rings. The SMILES string of the molecule is O=C(NCC1CCCCC1)c1cn(-c2ccccc2Cl)nn1. The second-order valence-electron chi connectivity index (χ2n) is 5.71. The molecule has 1 aromatic heterocycles. The first-order valence-electron chi connectivity index (χ1n) is 7.69. The summed E-state index contributed by atoms with van der Waals surface area (Å²) in [5.74, 6) is 0.417. The summed E-state index contributed by atoms with van der Waals surface area (Å²) >= 11 is 6.12. The fourth-order valence-corrected chi connectivity index (χ4v) is 3.06. The highest BCUT2D eigenvalue weighted by molar-refractivity contribution is 6.32. The van der Waals surface area contributed by atoms with Crippen molar-refractivity contribution in [2.24, 2.45) is 5.92 Å². The van der Waals surface area contributed by atoms with Crippen molar-refractivity contribution >= 4 is 17.5 Å². The number of rotatable bonds is 4. The molecule has 3 rings (SSSR count). The number of halogens is 1. The van der Waals surface area contributed by atoms with Gasteiger partial charge >= 0.3 is 0 Å². The molecular formula is C16H19ClN4O. The Hall–Kier alpha value is -1.88. The number of benzene rings is 1. The van der Waals surface area contributed by atoms with Gasteiger partial charge in [-0.2, -0.15) is 0 Å². The molecule has 116 valence electrons. The largest absolute Gasteiger partial charge is 0.350 e. The van der Waals surface area contributed by atoms with Crippen LogP contribution in [0.1, 0.15) is 42.6 Å². The van der Waals surface area contributed by atoms with Gasteiger partial charge in [-0.3, -0.25) is 4.79 Å². The van der Waals surface area contributed by atoms with E-state index >= 15 is 0 Å². The Morgan fingerprint density at radius 2 is 2.05 bits per heavy atom. The summed E-state index contributed by atoms with van der Waals surface area (Å²) < 4.78 is 1.53. The molecule has 1 N–H and O–H groups in total. The summed E-state index contributed by atoms with van der Waals surface area (Å²) in [6, 6.07) is 7.33. The molecule has 1 aliphatic carbocycles. The van der Waals surface area contributed by atoms with Crippen molar-refractivity contribution < 1.29 is 4.79 Å². The summed E-state index contributed by atoms with van der Waals surface area (Å²) in [6.07, 6.45) is 7.86. The summed E-state index contributed by atoms with van der Waals surface area (Å²) in [7, 11) is 0. The van der Waals surface area contributed by atoms with Crippen LogP contribution < -0.4 is 5.32 Å². The average molecular weight is 319 g/mol. The first-order valence-corrected chi connectivity index (χ1v) is 8.07. The fraction of sp³-hybridized carbons (Fsp3) is 0.438. The van der Waals surface area contributed by atoms with Crippen molar-refractivity contribution in [3.63, 3.8) is 0 Å². The number of para-hydroxylation sites is 1. The Balaban J connectivity index is 1.63. The zero-order valence-corrected chi connectivity index (χ0v) is 13.1. The Kier molecular flexibility index (Phi) is 4.73. The number of amides is 1. The summed E-state index contributed by atoms with van der Waals surface area (Å²) in [5.41, 5.74) is 1.03. The van der Waals surface area contributed by atoms with E-state index in [1.54, 1.807) is 12.3 Å². The maximum absolute atomic E-state index is 12.2. The standard InChI is InChI=1S/C16H19ClN4O/c17-13-8-4-5-9-15(13)21-11-14(19-20-21)16(22)18-10-12-6-2-1-3-7-12/h4-5,8-9,11-12H,1-3,6-7,10H2,(H,18,22). The van der Waals surface area contributed by atoms with Crippen LogP contribution >= 0.6 is 11.6 Å². The van der Waals surface area contributed by atoms with Crippen molar-refractivity contribution in [3.05, 3.63) is 41.2 Å². The molecular weight excluding hydrogens is 300 g/mol. The molecule has 0 bridgehead atoms. The van der Waals surface area contributed by atoms with Gasteiger partial charge in [0.1, 0.15) is 0 Å². The Morgan fingerprint density at radius 3 is 2.82 bits per heavy atom. The van der Waals surface area contributed by atoms with Crippen LogP contribution in [0.3, 0.4) is 0 Å². The number of hydrogen-bond donors (Lipinski definition) is 1. The van der Waals surface area contributed by atoms with Crippen LogP contribution in [0.15, 0.2) is 30.5 Å². The molecule has 1 fully saturated rings. The van der Waals surface area contributed by atoms with Gasteiger partial charge in [-0.25, -0.2) is 4.68 Å². The summed E-state index contributed by atoms with van der Waals surface area (Å²) in [5, 5.41) is 11.5. The molecule has 1 saturated carbocycles. The second kappa shape index (κ2) is 6.92. The van der Waals surface area contributed by atoms with Crippen molar-refractivity contribution in [3.8, 4) is 5.69 Å². The molecule has 1 amide bonds. The van der Waals surface area contributed by atoms with Crippen LogP contribution in [-0.2, 0) is 0 Å². The van der Waals surface area contributed by atoms with Gasteiger partial charge in [0.15, 0.2) is 5.69 Å². The van der Waals surface area contributed by atoms with E-state index in [1.165, 1.54) is 36.8 Å². The van der Waals surface area contributed by atoms with E-state index in [9.17, 15) is 4.79 Å². The number of carbonyl (C=O) groups is 1.